The van der Waals surface area contributed by atoms with Crippen molar-refractivity contribution in [3.63, 3.8) is 0 Å². The molecule has 2 amide bonds. The molecular weight excluding hydrogens is 478 g/mol. The van der Waals surface area contributed by atoms with Gasteiger partial charge in [-0.15, -0.1) is 0 Å². The molecule has 1 aliphatic carbocycles. The smallest absolute Gasteiger partial charge is 0.349 e. The number of piperidine rings is 1. The lowest BCUT2D eigenvalue weighted by Gasteiger charge is -2.30. The molecule has 196 valence electrons. The molecule has 3 rings (SSSR count). The summed E-state index contributed by atoms with van der Waals surface area (Å²) in [5, 5.41) is 7.62. The highest BCUT2D eigenvalue weighted by Gasteiger charge is 2.37. The van der Waals surface area contributed by atoms with E-state index in [1.54, 1.807) is 0 Å². The van der Waals surface area contributed by atoms with Gasteiger partial charge in [-0.05, 0) is 69.2 Å². The molecule has 12 heteroatoms. The van der Waals surface area contributed by atoms with E-state index in [0.29, 0.717) is 44.4 Å². The second-order valence-corrected chi connectivity index (χ2v) is 9.20. The Morgan fingerprint density at radius 1 is 0.857 bits per heavy atom. The zero-order valence-corrected chi connectivity index (χ0v) is 19.2. The zero-order valence-electron chi connectivity index (χ0n) is 19.2. The quantitative estimate of drug-likeness (QED) is 0.485. The minimum Gasteiger partial charge on any atom is -0.349 e. The van der Waals surface area contributed by atoms with Crippen molar-refractivity contribution in [2.24, 2.45) is 5.92 Å². The first-order chi connectivity index (χ1) is 16.4. The molecule has 2 aliphatic rings. The Balaban J connectivity index is 1.45. The van der Waals surface area contributed by atoms with Crippen LogP contribution < -0.4 is 16.1 Å². The Bertz CT molecular complexity index is 843. The van der Waals surface area contributed by atoms with Gasteiger partial charge in [0.15, 0.2) is 0 Å². The van der Waals surface area contributed by atoms with Gasteiger partial charge in [-0.1, -0.05) is 6.42 Å². The molecule has 0 bridgehead atoms. The van der Waals surface area contributed by atoms with E-state index in [4.69, 9.17) is 0 Å². The normalized spacial score (nSPS) is 22.0. The number of benzene rings is 1. The van der Waals surface area contributed by atoms with Gasteiger partial charge < -0.3 is 10.6 Å². The van der Waals surface area contributed by atoms with Crippen molar-refractivity contribution in [2.75, 3.05) is 26.2 Å². The Morgan fingerprint density at radius 3 is 1.97 bits per heavy atom. The SMILES string of the molecule is O=C(CNC[C@H]1CC[C@H](NC(=O)c2cc(C(F)(F)F)cc(C(F)(F)F)c2)CC1)NN1CCCCC1. The van der Waals surface area contributed by atoms with Gasteiger partial charge in [0.25, 0.3) is 5.91 Å². The maximum absolute atomic E-state index is 13.0. The highest BCUT2D eigenvalue weighted by Crippen LogP contribution is 2.36. The van der Waals surface area contributed by atoms with Crippen LogP contribution in [0.25, 0.3) is 0 Å². The lowest BCUT2D eigenvalue weighted by molar-refractivity contribution is -0.143. The van der Waals surface area contributed by atoms with E-state index in [-0.39, 0.29) is 30.5 Å². The van der Waals surface area contributed by atoms with E-state index in [1.165, 1.54) is 6.42 Å². The van der Waals surface area contributed by atoms with E-state index in [1.807, 2.05) is 5.01 Å². The Labute approximate surface area is 199 Å². The minimum absolute atomic E-state index is 0.00177. The summed E-state index contributed by atoms with van der Waals surface area (Å²) in [4.78, 5) is 24.5. The molecule has 1 heterocycles. The van der Waals surface area contributed by atoms with Crippen LogP contribution in [0, 0.1) is 5.92 Å². The molecule has 0 aromatic heterocycles. The molecule has 0 atom stereocenters. The topological polar surface area (TPSA) is 73.5 Å². The summed E-state index contributed by atoms with van der Waals surface area (Å²) >= 11 is 0. The molecule has 1 aromatic rings. The summed E-state index contributed by atoms with van der Waals surface area (Å²) in [6.07, 6.45) is -4.22. The molecule has 0 radical (unpaired) electrons. The predicted molar refractivity (Wildman–Crippen MR) is 116 cm³/mol. The van der Waals surface area contributed by atoms with Crippen molar-refractivity contribution in [1.29, 1.82) is 0 Å². The number of carbonyl (C=O) groups is 2. The summed E-state index contributed by atoms with van der Waals surface area (Å²) in [6, 6.07) is 0.538. The molecule has 1 aliphatic heterocycles. The fourth-order valence-corrected chi connectivity index (χ4v) is 4.48. The van der Waals surface area contributed by atoms with Crippen molar-refractivity contribution in [1.82, 2.24) is 21.1 Å². The van der Waals surface area contributed by atoms with Gasteiger partial charge in [-0.3, -0.25) is 15.0 Å². The molecule has 1 aromatic carbocycles. The number of hydrogen-bond donors (Lipinski definition) is 3. The molecule has 0 unspecified atom stereocenters. The number of nitrogens with zero attached hydrogens (tertiary/aromatic N) is 1. The van der Waals surface area contributed by atoms with Crippen molar-refractivity contribution in [2.45, 2.75) is 63.3 Å². The van der Waals surface area contributed by atoms with Crippen molar-refractivity contribution < 1.29 is 35.9 Å². The third kappa shape index (κ3) is 8.38. The zero-order chi connectivity index (χ0) is 25.6. The lowest BCUT2D eigenvalue weighted by atomic mass is 9.86. The van der Waals surface area contributed by atoms with Gasteiger partial charge in [0.2, 0.25) is 5.91 Å². The molecule has 2 fully saturated rings. The van der Waals surface area contributed by atoms with Gasteiger partial charge in [-0.25, -0.2) is 5.01 Å². The van der Waals surface area contributed by atoms with Crippen LogP contribution in [0.3, 0.4) is 0 Å². The fourth-order valence-electron chi connectivity index (χ4n) is 4.48. The van der Waals surface area contributed by atoms with E-state index in [9.17, 15) is 35.9 Å². The summed E-state index contributed by atoms with van der Waals surface area (Å²) in [5.41, 5.74) is -0.834. The summed E-state index contributed by atoms with van der Waals surface area (Å²) in [5.74, 6) is -0.805. The monoisotopic (exact) mass is 508 g/mol. The van der Waals surface area contributed by atoms with Gasteiger partial charge in [-0.2, -0.15) is 26.3 Å². The first-order valence-corrected chi connectivity index (χ1v) is 11.8. The number of alkyl halides is 6. The van der Waals surface area contributed by atoms with Gasteiger partial charge in [0.05, 0.1) is 17.7 Å². The predicted octanol–water partition coefficient (Wildman–Crippen LogP) is 4.12. The largest absolute Gasteiger partial charge is 0.416 e. The van der Waals surface area contributed by atoms with E-state index >= 15 is 0 Å². The van der Waals surface area contributed by atoms with E-state index in [0.717, 1.165) is 25.9 Å². The number of halogens is 6. The number of amides is 2. The maximum atomic E-state index is 13.0. The van der Waals surface area contributed by atoms with Crippen molar-refractivity contribution in [3.05, 3.63) is 34.9 Å². The lowest BCUT2D eigenvalue weighted by Crippen LogP contribution is -2.48. The molecule has 0 spiro atoms. The van der Waals surface area contributed by atoms with E-state index in [2.05, 4.69) is 16.1 Å². The molecule has 35 heavy (non-hydrogen) atoms. The molecule has 1 saturated heterocycles. The molecular formula is C23H30F6N4O2. The maximum Gasteiger partial charge on any atom is 0.416 e. The van der Waals surface area contributed by atoms with Crippen LogP contribution in [0.4, 0.5) is 26.3 Å². The summed E-state index contributed by atoms with van der Waals surface area (Å²) in [6.45, 7) is 2.49. The number of hydrazine groups is 1. The average molecular weight is 509 g/mol. The first-order valence-electron chi connectivity index (χ1n) is 11.8. The Morgan fingerprint density at radius 2 is 1.43 bits per heavy atom. The molecule has 3 N–H and O–H groups in total. The van der Waals surface area contributed by atoms with Gasteiger partial charge in [0, 0.05) is 24.7 Å². The van der Waals surface area contributed by atoms with E-state index < -0.39 is 35.0 Å². The second-order valence-electron chi connectivity index (χ2n) is 9.20. The number of rotatable bonds is 7. The minimum atomic E-state index is -5.01. The van der Waals surface area contributed by atoms with Crippen molar-refractivity contribution in [3.8, 4) is 0 Å². The van der Waals surface area contributed by atoms with Crippen LogP contribution >= 0.6 is 0 Å². The fraction of sp³-hybridized carbons (Fsp3) is 0.652. The van der Waals surface area contributed by atoms with Crippen molar-refractivity contribution >= 4 is 11.8 Å². The third-order valence-electron chi connectivity index (χ3n) is 6.39. The average Bonchev–Trinajstić information content (AvgIpc) is 2.79. The number of nitrogens with one attached hydrogen (secondary N) is 3. The van der Waals surface area contributed by atoms with Crippen LogP contribution in [0.2, 0.25) is 0 Å². The Kier molecular flexibility index (Phi) is 9.03. The summed E-state index contributed by atoms with van der Waals surface area (Å²) < 4.78 is 78.2. The number of hydrogen-bond acceptors (Lipinski definition) is 4. The molecule has 1 saturated carbocycles. The van der Waals surface area contributed by atoms with Crippen LogP contribution in [0.15, 0.2) is 18.2 Å². The van der Waals surface area contributed by atoms with Gasteiger partial charge in [0.1, 0.15) is 0 Å². The third-order valence-corrected chi connectivity index (χ3v) is 6.39. The Hall–Kier alpha value is -2.34. The van der Waals surface area contributed by atoms with Crippen LogP contribution in [0.1, 0.15) is 66.4 Å². The summed E-state index contributed by atoms with van der Waals surface area (Å²) in [7, 11) is 0. The standard InChI is InChI=1S/C23H30F6N4O2/c24-22(25,26)17-10-16(11-18(12-17)23(27,28)29)21(35)31-19-6-4-15(5-7-19)13-30-14-20(34)32-33-8-2-1-3-9-33/h10-12,15,19,30H,1-9,13-14H2,(H,31,35)(H,32,34)/t15-,19-. The highest BCUT2D eigenvalue weighted by atomic mass is 19.4. The highest BCUT2D eigenvalue weighted by molar-refractivity contribution is 5.94. The second kappa shape index (κ2) is 11.6. The molecule has 6 nitrogen and oxygen atoms in total. The first kappa shape index (κ1) is 27.3. The van der Waals surface area contributed by atoms with Crippen LogP contribution in [-0.4, -0.2) is 49.0 Å². The van der Waals surface area contributed by atoms with Crippen LogP contribution in [-0.2, 0) is 17.1 Å². The van der Waals surface area contributed by atoms with Gasteiger partial charge >= 0.3 is 12.4 Å². The number of carbonyl (C=O) groups excluding carboxylic acids is 2. The van der Waals surface area contributed by atoms with Crippen LogP contribution in [0.5, 0.6) is 0 Å².